The highest BCUT2D eigenvalue weighted by Crippen LogP contribution is 2.44. The van der Waals surface area contributed by atoms with Crippen molar-refractivity contribution in [2.45, 2.75) is 45.2 Å². The van der Waals surface area contributed by atoms with E-state index in [-0.39, 0.29) is 5.91 Å². The molecule has 5 aromatic rings. The maximum absolute atomic E-state index is 13.7. The summed E-state index contributed by atoms with van der Waals surface area (Å²) in [6, 6.07) is 14.3. The number of hydrogen-bond donors (Lipinski definition) is 1. The molecular weight excluding hydrogens is 526 g/mol. The second-order valence-corrected chi connectivity index (χ2v) is 12.4. The van der Waals surface area contributed by atoms with E-state index in [1.165, 1.54) is 19.3 Å². The standard InChI is InChI=1S/C33H35N7O2/c1-18-22-7-10-26(18)40(17-22)33(41)23-12-25-30(28(14-23)42-3)38(2)32(37-25)27-13-20-6-9-24(21-8-11-29(34)35-15-21)36-31(20)39(27)16-19-4-5-19/h6,8-9,11-15,18-19,22,26H,4-5,7,10,16-17H2,1-3H3,(H2,34,35)/t18-,22?,26?/m1/s1. The Morgan fingerprint density at radius 1 is 1.07 bits per heavy atom. The lowest BCUT2D eigenvalue weighted by Gasteiger charge is -2.27. The molecule has 2 bridgehead atoms. The van der Waals surface area contributed by atoms with Crippen LogP contribution in [0.15, 0.2) is 48.7 Å². The predicted octanol–water partition coefficient (Wildman–Crippen LogP) is 5.52. The quantitative estimate of drug-likeness (QED) is 0.293. The van der Waals surface area contributed by atoms with Crippen LogP contribution in [0.4, 0.5) is 5.82 Å². The van der Waals surface area contributed by atoms with Gasteiger partial charge in [-0.05, 0) is 85.9 Å². The fourth-order valence-corrected chi connectivity index (χ4v) is 7.30. The van der Waals surface area contributed by atoms with E-state index < -0.39 is 0 Å². The van der Waals surface area contributed by atoms with Crippen LogP contribution < -0.4 is 10.5 Å². The Labute approximate surface area is 244 Å². The van der Waals surface area contributed by atoms with Crippen LogP contribution in [0.2, 0.25) is 0 Å². The second kappa shape index (κ2) is 9.31. The Bertz CT molecular complexity index is 1870. The first kappa shape index (κ1) is 25.3. The molecule has 2 unspecified atom stereocenters. The molecule has 4 aromatic heterocycles. The molecule has 214 valence electrons. The number of ether oxygens (including phenoxy) is 1. The van der Waals surface area contributed by atoms with E-state index in [0.717, 1.165) is 64.4 Å². The number of hydrogen-bond acceptors (Lipinski definition) is 6. The van der Waals surface area contributed by atoms with Gasteiger partial charge in [-0.3, -0.25) is 4.79 Å². The third kappa shape index (κ3) is 3.90. The summed E-state index contributed by atoms with van der Waals surface area (Å²) in [7, 11) is 3.69. The van der Waals surface area contributed by atoms with E-state index in [0.29, 0.717) is 40.9 Å². The molecule has 9 heteroatoms. The molecular formula is C33H35N7O2. The van der Waals surface area contributed by atoms with E-state index in [1.54, 1.807) is 19.4 Å². The number of benzene rings is 1. The third-order valence-corrected chi connectivity index (χ3v) is 9.87. The van der Waals surface area contributed by atoms with Crippen molar-refractivity contribution in [1.82, 2.24) is 29.0 Å². The van der Waals surface area contributed by atoms with Gasteiger partial charge in [-0.25, -0.2) is 15.0 Å². The molecule has 3 aliphatic rings. The average Bonchev–Trinajstić information content (AvgIpc) is 3.41. The number of aromatic nitrogens is 5. The van der Waals surface area contributed by atoms with Crippen LogP contribution in [0.3, 0.4) is 0 Å². The number of imidazole rings is 1. The third-order valence-electron chi connectivity index (χ3n) is 9.87. The highest BCUT2D eigenvalue weighted by molar-refractivity contribution is 6.00. The summed E-state index contributed by atoms with van der Waals surface area (Å²) in [5, 5.41) is 1.06. The number of pyridine rings is 2. The van der Waals surface area contributed by atoms with Gasteiger partial charge in [0.15, 0.2) is 5.82 Å². The van der Waals surface area contributed by atoms with Gasteiger partial charge in [0.2, 0.25) is 0 Å². The van der Waals surface area contributed by atoms with E-state index >= 15 is 0 Å². The molecule has 2 N–H and O–H groups in total. The summed E-state index contributed by atoms with van der Waals surface area (Å²) < 4.78 is 10.3. The highest BCUT2D eigenvalue weighted by Gasteiger charge is 2.46. The zero-order valence-electron chi connectivity index (χ0n) is 24.2. The van der Waals surface area contributed by atoms with Gasteiger partial charge >= 0.3 is 0 Å². The molecule has 0 radical (unpaired) electrons. The van der Waals surface area contributed by atoms with Crippen LogP contribution >= 0.6 is 0 Å². The van der Waals surface area contributed by atoms with Crippen LogP contribution in [0.25, 0.3) is 44.8 Å². The molecule has 3 atom stereocenters. The number of amides is 1. The molecule has 0 spiro atoms. The van der Waals surface area contributed by atoms with Gasteiger partial charge in [0, 0.05) is 48.9 Å². The van der Waals surface area contributed by atoms with Crippen molar-refractivity contribution in [1.29, 1.82) is 0 Å². The van der Waals surface area contributed by atoms with Gasteiger partial charge in [-0.2, -0.15) is 0 Å². The number of aryl methyl sites for hydroxylation is 1. The van der Waals surface area contributed by atoms with Crippen molar-refractivity contribution in [2.24, 2.45) is 24.8 Å². The molecule has 1 aromatic carbocycles. The molecule has 2 saturated carbocycles. The smallest absolute Gasteiger partial charge is 0.254 e. The number of anilines is 1. The lowest BCUT2D eigenvalue weighted by Crippen LogP contribution is -2.38. The molecule has 1 amide bonds. The lowest BCUT2D eigenvalue weighted by molar-refractivity contribution is 0.0696. The Kier molecular flexibility index (Phi) is 5.61. The Balaban J connectivity index is 1.24. The molecule has 1 saturated heterocycles. The van der Waals surface area contributed by atoms with Crippen molar-refractivity contribution in [3.05, 3.63) is 54.2 Å². The molecule has 9 nitrogen and oxygen atoms in total. The van der Waals surface area contributed by atoms with E-state index in [4.69, 9.17) is 20.4 Å². The first-order valence-corrected chi connectivity index (χ1v) is 15.0. The number of carbonyl (C=O) groups is 1. The Hall–Kier alpha value is -4.40. The summed E-state index contributed by atoms with van der Waals surface area (Å²) in [6.07, 6.45) is 6.53. The summed E-state index contributed by atoms with van der Waals surface area (Å²) in [6.45, 7) is 4.02. The molecule has 3 fully saturated rings. The number of likely N-dealkylation sites (tertiary alicyclic amines) is 1. The van der Waals surface area contributed by atoms with Gasteiger partial charge in [-0.15, -0.1) is 0 Å². The molecule has 2 aliphatic carbocycles. The van der Waals surface area contributed by atoms with Crippen molar-refractivity contribution >= 4 is 33.8 Å². The van der Waals surface area contributed by atoms with Crippen molar-refractivity contribution in [3.8, 4) is 28.5 Å². The van der Waals surface area contributed by atoms with Crippen molar-refractivity contribution in [3.63, 3.8) is 0 Å². The lowest BCUT2D eigenvalue weighted by atomic mass is 10.0. The molecule has 8 rings (SSSR count). The minimum absolute atomic E-state index is 0.0817. The normalized spacial score (nSPS) is 21.6. The number of piperidine rings is 1. The SMILES string of the molecule is COc1cc(C(=O)N2CC3CCC2[C@@H]3C)cc2nc(-c3cc4ccc(-c5ccc(N)nc5)nc4n3CC3CC3)n(C)c12. The monoisotopic (exact) mass is 561 g/mol. The summed E-state index contributed by atoms with van der Waals surface area (Å²) >= 11 is 0. The minimum Gasteiger partial charge on any atom is -0.494 e. The van der Waals surface area contributed by atoms with Gasteiger partial charge in [0.1, 0.15) is 22.7 Å². The van der Waals surface area contributed by atoms with Crippen LogP contribution in [0.5, 0.6) is 5.75 Å². The van der Waals surface area contributed by atoms with E-state index in [1.807, 2.05) is 31.3 Å². The minimum atomic E-state index is 0.0817. The topological polar surface area (TPSA) is 104 Å². The zero-order chi connectivity index (χ0) is 28.7. The van der Waals surface area contributed by atoms with E-state index in [2.05, 4.69) is 38.1 Å². The maximum Gasteiger partial charge on any atom is 0.254 e. The fourth-order valence-electron chi connectivity index (χ4n) is 7.30. The summed E-state index contributed by atoms with van der Waals surface area (Å²) in [5.74, 6) is 3.88. The number of nitrogens with two attached hydrogens (primary N) is 1. The predicted molar refractivity (Wildman–Crippen MR) is 163 cm³/mol. The molecule has 5 heterocycles. The summed E-state index contributed by atoms with van der Waals surface area (Å²) in [5.41, 5.74) is 11.8. The van der Waals surface area contributed by atoms with E-state index in [9.17, 15) is 4.79 Å². The first-order chi connectivity index (χ1) is 20.4. The van der Waals surface area contributed by atoms with Gasteiger partial charge in [0.25, 0.3) is 5.91 Å². The maximum atomic E-state index is 13.7. The van der Waals surface area contributed by atoms with Crippen molar-refractivity contribution < 1.29 is 9.53 Å². The number of fused-ring (bicyclic) bond motifs is 4. The Morgan fingerprint density at radius 2 is 1.93 bits per heavy atom. The molecule has 1 aliphatic heterocycles. The largest absolute Gasteiger partial charge is 0.494 e. The number of rotatable bonds is 6. The molecule has 42 heavy (non-hydrogen) atoms. The van der Waals surface area contributed by atoms with Crippen LogP contribution in [-0.2, 0) is 13.6 Å². The van der Waals surface area contributed by atoms with Gasteiger partial charge < -0.3 is 24.5 Å². The van der Waals surface area contributed by atoms with Gasteiger partial charge in [-0.1, -0.05) is 6.92 Å². The van der Waals surface area contributed by atoms with Crippen LogP contribution in [-0.4, -0.2) is 54.6 Å². The van der Waals surface area contributed by atoms with Crippen LogP contribution in [0, 0.1) is 17.8 Å². The second-order valence-electron chi connectivity index (χ2n) is 12.4. The Morgan fingerprint density at radius 3 is 2.62 bits per heavy atom. The zero-order valence-corrected chi connectivity index (χ0v) is 24.2. The number of methoxy groups -OCH3 is 1. The fraction of sp³-hybridized carbons (Fsp3) is 0.394. The van der Waals surface area contributed by atoms with Crippen LogP contribution in [0.1, 0.15) is 43.0 Å². The average molecular weight is 562 g/mol. The number of nitrogens with zero attached hydrogens (tertiary/aromatic N) is 6. The first-order valence-electron chi connectivity index (χ1n) is 15.0. The highest BCUT2D eigenvalue weighted by atomic mass is 16.5. The number of carbonyl (C=O) groups excluding carboxylic acids is 1. The summed E-state index contributed by atoms with van der Waals surface area (Å²) in [4.78, 5) is 30.3. The van der Waals surface area contributed by atoms with Gasteiger partial charge in [0.05, 0.1) is 24.0 Å². The van der Waals surface area contributed by atoms with Crippen molar-refractivity contribution in [2.75, 3.05) is 19.4 Å². The number of nitrogen functional groups attached to an aromatic ring is 1.